The minimum atomic E-state index is -4.15. The average molecular weight is 480 g/mol. The summed E-state index contributed by atoms with van der Waals surface area (Å²) in [5, 5.41) is 14.5. The van der Waals surface area contributed by atoms with Crippen LogP contribution >= 0.6 is 12.2 Å². The van der Waals surface area contributed by atoms with Gasteiger partial charge in [0, 0.05) is 25.3 Å². The molecule has 4 N–H and O–H groups in total. The molecule has 12 heteroatoms. The lowest BCUT2D eigenvalue weighted by Crippen LogP contribution is -2.42. The fourth-order valence-corrected chi connectivity index (χ4v) is 4.71. The van der Waals surface area contributed by atoms with Crippen molar-refractivity contribution >= 4 is 44.4 Å². The minimum Gasteiger partial charge on any atom is -0.376 e. The number of nitro groups is 1. The number of hydrazine groups is 1. The van der Waals surface area contributed by atoms with Crippen LogP contribution in [0.25, 0.3) is 0 Å². The van der Waals surface area contributed by atoms with Gasteiger partial charge in [0.2, 0.25) is 0 Å². The number of aryl methyl sites for hydroxylation is 2. The quantitative estimate of drug-likeness (QED) is 0.256. The second-order valence-electron chi connectivity index (χ2n) is 7.46. The van der Waals surface area contributed by atoms with E-state index >= 15 is 0 Å². The molecule has 0 radical (unpaired) electrons. The van der Waals surface area contributed by atoms with Crippen LogP contribution in [0.4, 0.5) is 17.1 Å². The van der Waals surface area contributed by atoms with Crippen molar-refractivity contribution in [3.63, 3.8) is 0 Å². The SMILES string of the molecule is Cc1ccc(NS(=O)(=O)c2cc([N+](=O)[O-])ccc2NNC(=S)NCC2CCCO2)c(C)c1. The summed E-state index contributed by atoms with van der Waals surface area (Å²) in [5.41, 5.74) is 7.30. The van der Waals surface area contributed by atoms with E-state index in [1.165, 1.54) is 12.1 Å². The van der Waals surface area contributed by atoms with Crippen LogP contribution in [0.3, 0.4) is 0 Å². The molecule has 0 amide bonds. The van der Waals surface area contributed by atoms with Crippen molar-refractivity contribution in [2.75, 3.05) is 23.3 Å². The highest BCUT2D eigenvalue weighted by Crippen LogP contribution is 2.29. The number of nitrogens with zero attached hydrogens (tertiary/aromatic N) is 1. The van der Waals surface area contributed by atoms with Crippen molar-refractivity contribution < 1.29 is 18.1 Å². The molecule has 1 atom stereocenters. The highest BCUT2D eigenvalue weighted by molar-refractivity contribution is 7.93. The lowest BCUT2D eigenvalue weighted by atomic mass is 10.1. The monoisotopic (exact) mass is 479 g/mol. The third-order valence-corrected chi connectivity index (χ3v) is 6.57. The topological polar surface area (TPSA) is 135 Å². The Bertz CT molecular complexity index is 1120. The molecular formula is C20H25N5O5S2. The molecule has 1 saturated heterocycles. The molecule has 1 heterocycles. The van der Waals surface area contributed by atoms with Crippen molar-refractivity contribution in [2.24, 2.45) is 0 Å². The molecule has 3 rings (SSSR count). The molecule has 2 aromatic rings. The number of rotatable bonds is 8. The Morgan fingerprint density at radius 1 is 1.22 bits per heavy atom. The molecule has 2 aromatic carbocycles. The Morgan fingerprint density at radius 2 is 1.97 bits per heavy atom. The Morgan fingerprint density at radius 3 is 2.62 bits per heavy atom. The van der Waals surface area contributed by atoms with E-state index in [4.69, 9.17) is 17.0 Å². The van der Waals surface area contributed by atoms with Crippen LogP contribution in [0.1, 0.15) is 24.0 Å². The fourth-order valence-electron chi connectivity index (χ4n) is 3.26. The number of anilines is 2. The maximum atomic E-state index is 13.1. The van der Waals surface area contributed by atoms with Crippen molar-refractivity contribution in [1.82, 2.24) is 10.7 Å². The molecule has 32 heavy (non-hydrogen) atoms. The Hall–Kier alpha value is -2.96. The number of thiocarbonyl (C=S) groups is 1. The third-order valence-electron chi connectivity index (χ3n) is 4.92. The summed E-state index contributed by atoms with van der Waals surface area (Å²) >= 11 is 5.21. The van der Waals surface area contributed by atoms with Gasteiger partial charge in [-0.1, -0.05) is 17.7 Å². The average Bonchev–Trinajstić information content (AvgIpc) is 3.26. The van der Waals surface area contributed by atoms with E-state index in [0.29, 0.717) is 12.2 Å². The van der Waals surface area contributed by atoms with Crippen molar-refractivity contribution in [3.8, 4) is 0 Å². The number of nitro benzene ring substituents is 1. The number of sulfonamides is 1. The molecule has 0 saturated carbocycles. The number of hydrogen-bond acceptors (Lipinski definition) is 7. The predicted octanol–water partition coefficient (Wildman–Crippen LogP) is 2.98. The number of nitrogens with one attached hydrogen (secondary N) is 4. The van der Waals surface area contributed by atoms with Gasteiger partial charge in [0.15, 0.2) is 5.11 Å². The fraction of sp³-hybridized carbons (Fsp3) is 0.350. The van der Waals surface area contributed by atoms with Gasteiger partial charge in [-0.2, -0.15) is 0 Å². The highest BCUT2D eigenvalue weighted by Gasteiger charge is 2.23. The van der Waals surface area contributed by atoms with Gasteiger partial charge in [0.25, 0.3) is 15.7 Å². The van der Waals surface area contributed by atoms with Gasteiger partial charge in [0.05, 0.1) is 22.4 Å². The first-order chi connectivity index (χ1) is 15.2. The van der Waals surface area contributed by atoms with E-state index in [0.717, 1.165) is 36.6 Å². The van der Waals surface area contributed by atoms with E-state index in [-0.39, 0.29) is 27.5 Å². The second-order valence-corrected chi connectivity index (χ2v) is 9.52. The smallest absolute Gasteiger partial charge is 0.270 e. The van der Waals surface area contributed by atoms with Crippen molar-refractivity contribution in [2.45, 2.75) is 37.7 Å². The minimum absolute atomic E-state index is 0.0759. The van der Waals surface area contributed by atoms with Crippen molar-refractivity contribution in [3.05, 3.63) is 57.6 Å². The molecule has 172 valence electrons. The summed E-state index contributed by atoms with van der Waals surface area (Å²) in [6.07, 6.45) is 2.02. The molecular weight excluding hydrogens is 454 g/mol. The first-order valence-electron chi connectivity index (χ1n) is 9.95. The lowest BCUT2D eigenvalue weighted by Gasteiger charge is -2.18. The summed E-state index contributed by atoms with van der Waals surface area (Å²) in [5.74, 6) is 0. The van der Waals surface area contributed by atoms with Gasteiger partial charge in [-0.3, -0.25) is 25.7 Å². The Kier molecular flexibility index (Phi) is 7.48. The van der Waals surface area contributed by atoms with Gasteiger partial charge >= 0.3 is 0 Å². The molecule has 1 fully saturated rings. The number of non-ortho nitro benzene ring substituents is 1. The van der Waals surface area contributed by atoms with E-state index in [1.807, 2.05) is 13.0 Å². The van der Waals surface area contributed by atoms with Crippen molar-refractivity contribution in [1.29, 1.82) is 0 Å². The zero-order valence-electron chi connectivity index (χ0n) is 17.7. The zero-order valence-corrected chi connectivity index (χ0v) is 19.3. The normalized spacial score (nSPS) is 15.8. The molecule has 1 aliphatic rings. The van der Waals surface area contributed by atoms with Crippen LogP contribution < -0.4 is 20.9 Å². The Balaban J connectivity index is 1.79. The third kappa shape index (κ3) is 6.05. The predicted molar refractivity (Wildman–Crippen MR) is 126 cm³/mol. The highest BCUT2D eigenvalue weighted by atomic mass is 32.2. The van der Waals surface area contributed by atoms with E-state index < -0.39 is 14.9 Å². The zero-order chi connectivity index (χ0) is 23.3. The number of hydrogen-bond donors (Lipinski definition) is 4. The molecule has 0 aliphatic carbocycles. The van der Waals surface area contributed by atoms with Gasteiger partial charge in [0.1, 0.15) is 4.90 Å². The maximum absolute atomic E-state index is 13.1. The first kappa shape index (κ1) is 23.7. The maximum Gasteiger partial charge on any atom is 0.270 e. The van der Waals surface area contributed by atoms with Crippen LogP contribution in [-0.2, 0) is 14.8 Å². The molecule has 1 aliphatic heterocycles. The van der Waals surface area contributed by atoms with E-state index in [9.17, 15) is 18.5 Å². The summed E-state index contributed by atoms with van der Waals surface area (Å²) in [4.78, 5) is 10.3. The number of ether oxygens (including phenoxy) is 1. The summed E-state index contributed by atoms with van der Waals surface area (Å²) in [6.45, 7) is 4.92. The molecule has 1 unspecified atom stereocenters. The van der Waals surface area contributed by atoms with Crippen LogP contribution in [0, 0.1) is 24.0 Å². The van der Waals surface area contributed by atoms with Crippen LogP contribution in [0.5, 0.6) is 0 Å². The summed E-state index contributed by atoms with van der Waals surface area (Å²) in [7, 11) is -4.15. The second kappa shape index (κ2) is 10.1. The molecule has 10 nitrogen and oxygen atoms in total. The standard InChI is InChI=1S/C20H25N5O5S2/c1-13-5-7-17(14(2)10-13)24-32(28,29)19-11-15(25(26)27)6-8-18(19)22-23-20(31)21-12-16-4-3-9-30-16/h5-8,10-11,16,22,24H,3-4,9,12H2,1-2H3,(H2,21,23,31). The van der Waals surface area contributed by atoms with Gasteiger partial charge in [-0.05, 0) is 56.6 Å². The summed E-state index contributed by atoms with van der Waals surface area (Å²) < 4.78 is 34.2. The number of benzene rings is 2. The van der Waals surface area contributed by atoms with Gasteiger partial charge in [-0.25, -0.2) is 8.42 Å². The summed E-state index contributed by atoms with van der Waals surface area (Å²) in [6, 6.07) is 8.78. The van der Waals surface area contributed by atoms with Crippen LogP contribution in [-0.4, -0.2) is 37.7 Å². The first-order valence-corrected chi connectivity index (χ1v) is 11.8. The van der Waals surface area contributed by atoms with Crippen LogP contribution in [0.2, 0.25) is 0 Å². The lowest BCUT2D eigenvalue weighted by molar-refractivity contribution is -0.385. The van der Waals surface area contributed by atoms with Gasteiger partial charge in [-0.15, -0.1) is 0 Å². The van der Waals surface area contributed by atoms with Gasteiger partial charge < -0.3 is 10.1 Å². The molecule has 0 spiro atoms. The molecule has 0 aromatic heterocycles. The molecule has 0 bridgehead atoms. The van der Waals surface area contributed by atoms with Crippen LogP contribution in [0.15, 0.2) is 41.3 Å². The largest absolute Gasteiger partial charge is 0.376 e. The van der Waals surface area contributed by atoms with E-state index in [2.05, 4.69) is 20.9 Å². The Labute approximate surface area is 191 Å². The van der Waals surface area contributed by atoms with E-state index in [1.54, 1.807) is 19.1 Å².